The number of halogens is 2. The molecule has 0 amide bonds. The number of aryl methyl sites for hydroxylation is 1. The van der Waals surface area contributed by atoms with Gasteiger partial charge < -0.3 is 0 Å². The minimum atomic E-state index is -0.430. The normalized spacial score (nSPS) is 15.6. The molecule has 0 N–H and O–H groups in total. The van der Waals surface area contributed by atoms with E-state index in [4.69, 9.17) is 0 Å². The Balaban J connectivity index is 1.72. The third-order valence-electron chi connectivity index (χ3n) is 8.59. The summed E-state index contributed by atoms with van der Waals surface area (Å²) in [6, 6.07) is 38.4. The molecule has 2 aliphatic rings. The summed E-state index contributed by atoms with van der Waals surface area (Å²) < 4.78 is 2.18. The van der Waals surface area contributed by atoms with Crippen LogP contribution in [0.25, 0.3) is 22.3 Å². The van der Waals surface area contributed by atoms with Gasteiger partial charge in [-0.3, -0.25) is 0 Å². The van der Waals surface area contributed by atoms with Gasteiger partial charge in [0.05, 0.1) is 5.41 Å². The average Bonchev–Trinajstić information content (AvgIpc) is 3.32. The molecule has 0 fully saturated rings. The Morgan fingerprint density at radius 1 is 0.514 bits per heavy atom. The third-order valence-corrected chi connectivity index (χ3v) is 9.58. The maximum atomic E-state index is 3.79. The highest BCUT2D eigenvalue weighted by atomic mass is 79.9. The Morgan fingerprint density at radius 3 is 1.76 bits per heavy atom. The molecule has 0 atom stereocenters. The fraction of sp³-hybridized carbons (Fsp3) is 0.143. The first-order chi connectivity index (χ1) is 17.8. The number of hydrogen-bond donors (Lipinski definition) is 0. The van der Waals surface area contributed by atoms with E-state index in [1.54, 1.807) is 0 Å². The lowest BCUT2D eigenvalue weighted by atomic mass is 9.67. The van der Waals surface area contributed by atoms with Crippen molar-refractivity contribution < 1.29 is 0 Å². The lowest BCUT2D eigenvalue weighted by molar-refractivity contribution is 0.659. The van der Waals surface area contributed by atoms with Gasteiger partial charge in [-0.25, -0.2) is 0 Å². The van der Waals surface area contributed by atoms with Crippen molar-refractivity contribution in [3.8, 4) is 22.3 Å². The molecule has 2 aliphatic carbocycles. The summed E-state index contributed by atoms with van der Waals surface area (Å²) in [7, 11) is 0. The topological polar surface area (TPSA) is 0 Å². The molecule has 0 saturated heterocycles. The van der Waals surface area contributed by atoms with Gasteiger partial charge in [0.25, 0.3) is 0 Å². The molecule has 0 aromatic heterocycles. The monoisotopic (exact) mass is 604 g/mol. The Kier molecular flexibility index (Phi) is 5.03. The van der Waals surface area contributed by atoms with Crippen molar-refractivity contribution in [3.63, 3.8) is 0 Å². The van der Waals surface area contributed by atoms with Gasteiger partial charge in [0.2, 0.25) is 0 Å². The highest BCUT2D eigenvalue weighted by Gasteiger charge is 2.50. The molecular weight excluding hydrogens is 580 g/mol. The van der Waals surface area contributed by atoms with Gasteiger partial charge >= 0.3 is 0 Å². The smallest absolute Gasteiger partial charge is 0.0619 e. The first-order valence-electron chi connectivity index (χ1n) is 12.8. The lowest BCUT2D eigenvalue weighted by Crippen LogP contribution is -2.28. The molecule has 2 heteroatoms. The highest BCUT2D eigenvalue weighted by Crippen LogP contribution is 2.63. The van der Waals surface area contributed by atoms with Crippen molar-refractivity contribution in [2.24, 2.45) is 0 Å². The molecule has 0 bridgehead atoms. The van der Waals surface area contributed by atoms with E-state index in [1.165, 1.54) is 61.2 Å². The quantitative estimate of drug-likeness (QED) is 0.184. The predicted octanol–water partition coefficient (Wildman–Crippen LogP) is 10.2. The fourth-order valence-corrected chi connectivity index (χ4v) is 7.85. The molecular formula is C35H26Br2. The van der Waals surface area contributed by atoms with E-state index < -0.39 is 5.41 Å². The molecule has 0 aliphatic heterocycles. The van der Waals surface area contributed by atoms with Crippen molar-refractivity contribution >= 4 is 31.9 Å². The Bertz CT molecular complexity index is 1700. The minimum absolute atomic E-state index is 0.0411. The molecule has 7 rings (SSSR count). The van der Waals surface area contributed by atoms with E-state index >= 15 is 0 Å². The first-order valence-corrected chi connectivity index (χ1v) is 14.3. The molecule has 37 heavy (non-hydrogen) atoms. The van der Waals surface area contributed by atoms with Gasteiger partial charge in [0.1, 0.15) is 0 Å². The SMILES string of the molecule is Cc1cccc2c1-c1c(ccc3c1-c1ccccc1C3(C)C)C2(c1cccc(Br)c1)c1cccc(Br)c1. The summed E-state index contributed by atoms with van der Waals surface area (Å²) in [4.78, 5) is 0. The first kappa shape index (κ1) is 23.2. The molecule has 5 aromatic carbocycles. The van der Waals surface area contributed by atoms with Gasteiger partial charge in [0, 0.05) is 14.4 Å². The van der Waals surface area contributed by atoms with Crippen molar-refractivity contribution in [1.82, 2.24) is 0 Å². The zero-order valence-corrected chi connectivity index (χ0v) is 24.2. The van der Waals surface area contributed by atoms with Gasteiger partial charge in [-0.05, 0) is 92.4 Å². The van der Waals surface area contributed by atoms with Crippen molar-refractivity contribution in [3.05, 3.63) is 151 Å². The second-order valence-corrected chi connectivity index (χ2v) is 12.7. The van der Waals surface area contributed by atoms with Crippen LogP contribution in [0.15, 0.2) is 112 Å². The number of hydrogen-bond acceptors (Lipinski definition) is 0. The Morgan fingerprint density at radius 2 is 1.08 bits per heavy atom. The van der Waals surface area contributed by atoms with Crippen LogP contribution in [0.2, 0.25) is 0 Å². The summed E-state index contributed by atoms with van der Waals surface area (Å²) in [6.07, 6.45) is 0. The van der Waals surface area contributed by atoms with Crippen LogP contribution < -0.4 is 0 Å². The minimum Gasteiger partial charge on any atom is -0.0619 e. The highest BCUT2D eigenvalue weighted by molar-refractivity contribution is 9.10. The van der Waals surface area contributed by atoms with Gasteiger partial charge in [-0.1, -0.05) is 125 Å². The molecule has 0 heterocycles. The van der Waals surface area contributed by atoms with E-state index in [0.717, 1.165) is 8.95 Å². The molecule has 0 spiro atoms. The maximum absolute atomic E-state index is 3.79. The van der Waals surface area contributed by atoms with Crippen LogP contribution in [0, 0.1) is 6.92 Å². The van der Waals surface area contributed by atoms with E-state index in [9.17, 15) is 0 Å². The number of fused-ring (bicyclic) bond motifs is 7. The third kappa shape index (κ3) is 3.00. The van der Waals surface area contributed by atoms with E-state index in [0.29, 0.717) is 0 Å². The average molecular weight is 606 g/mol. The summed E-state index contributed by atoms with van der Waals surface area (Å²) in [6.45, 7) is 7.01. The van der Waals surface area contributed by atoms with Gasteiger partial charge in [-0.2, -0.15) is 0 Å². The van der Waals surface area contributed by atoms with E-state index in [1.807, 2.05) is 0 Å². The summed E-state index contributed by atoms with van der Waals surface area (Å²) >= 11 is 7.58. The van der Waals surface area contributed by atoms with Crippen LogP contribution in [0.4, 0.5) is 0 Å². The number of rotatable bonds is 2. The van der Waals surface area contributed by atoms with E-state index in [-0.39, 0.29) is 5.41 Å². The zero-order valence-electron chi connectivity index (χ0n) is 21.1. The molecule has 0 nitrogen and oxygen atoms in total. The molecule has 5 aromatic rings. The van der Waals surface area contributed by atoms with Gasteiger partial charge in [0.15, 0.2) is 0 Å². The summed E-state index contributed by atoms with van der Waals surface area (Å²) in [5.41, 5.74) is 14.5. The lowest BCUT2D eigenvalue weighted by Gasteiger charge is -2.34. The van der Waals surface area contributed by atoms with Crippen molar-refractivity contribution in [1.29, 1.82) is 0 Å². The number of benzene rings is 5. The summed E-state index contributed by atoms with van der Waals surface area (Å²) in [5.74, 6) is 0. The van der Waals surface area contributed by atoms with Crippen molar-refractivity contribution in [2.75, 3.05) is 0 Å². The Labute approximate surface area is 235 Å². The van der Waals surface area contributed by atoms with Crippen molar-refractivity contribution in [2.45, 2.75) is 31.6 Å². The van der Waals surface area contributed by atoms with Crippen LogP contribution in [-0.2, 0) is 10.8 Å². The Hall–Kier alpha value is -2.94. The predicted molar refractivity (Wildman–Crippen MR) is 161 cm³/mol. The molecule has 180 valence electrons. The zero-order chi connectivity index (χ0) is 25.5. The van der Waals surface area contributed by atoms with Gasteiger partial charge in [-0.15, -0.1) is 0 Å². The maximum Gasteiger partial charge on any atom is 0.0714 e. The van der Waals surface area contributed by atoms with Crippen LogP contribution in [0.3, 0.4) is 0 Å². The fourth-order valence-electron chi connectivity index (χ4n) is 7.06. The van der Waals surface area contributed by atoms with Crippen LogP contribution >= 0.6 is 31.9 Å². The molecule has 0 unspecified atom stereocenters. The summed E-state index contributed by atoms with van der Waals surface area (Å²) in [5, 5.41) is 0. The van der Waals surface area contributed by atoms with Crippen LogP contribution in [-0.4, -0.2) is 0 Å². The molecule has 0 radical (unpaired) electrons. The van der Waals surface area contributed by atoms with Crippen LogP contribution in [0.5, 0.6) is 0 Å². The second kappa shape index (κ2) is 8.03. The largest absolute Gasteiger partial charge is 0.0714 e. The van der Waals surface area contributed by atoms with E-state index in [2.05, 4.69) is 156 Å². The van der Waals surface area contributed by atoms with Crippen LogP contribution in [0.1, 0.15) is 52.8 Å². The standard InChI is InChI=1S/C35H26Br2/c1-21-9-6-16-29-31(21)33-30(18-17-28-32(33)26-14-4-5-15-27(26)34(28,2)3)35(29,22-10-7-12-24(36)19-22)23-11-8-13-25(37)20-23/h4-20H,1-3H3. The second-order valence-electron chi connectivity index (χ2n) is 10.8. The molecule has 0 saturated carbocycles.